The number of aromatic carboxylic acids is 1. The lowest BCUT2D eigenvalue weighted by Gasteiger charge is -2.25. The molecule has 3 rings (SSSR count). The molecule has 0 saturated heterocycles. The summed E-state index contributed by atoms with van der Waals surface area (Å²) in [5.41, 5.74) is 1.24. The van der Waals surface area contributed by atoms with Crippen molar-refractivity contribution in [2.45, 2.75) is 6.54 Å². The van der Waals surface area contributed by atoms with Gasteiger partial charge in [-0.3, -0.25) is 4.79 Å². The Kier molecular flexibility index (Phi) is 4.72. The number of benzene rings is 2. The van der Waals surface area contributed by atoms with Crippen molar-refractivity contribution in [2.75, 3.05) is 4.90 Å². The molecule has 4 nitrogen and oxygen atoms in total. The zero-order chi connectivity index (χ0) is 16.9. The third-order valence-electron chi connectivity index (χ3n) is 3.58. The van der Waals surface area contributed by atoms with E-state index >= 15 is 0 Å². The maximum absolute atomic E-state index is 12.9. The van der Waals surface area contributed by atoms with Crippen molar-refractivity contribution in [1.82, 2.24) is 0 Å². The normalized spacial score (nSPS) is 10.3. The number of amides is 1. The number of anilines is 1. The van der Waals surface area contributed by atoms with Crippen LogP contribution in [0.2, 0.25) is 0 Å². The SMILES string of the molecule is O=C([O-])c1ccccc1N(Cc1ccccc1)C(=O)c1cccs1. The van der Waals surface area contributed by atoms with Crippen molar-refractivity contribution in [3.63, 3.8) is 0 Å². The third-order valence-corrected chi connectivity index (χ3v) is 4.43. The summed E-state index contributed by atoms with van der Waals surface area (Å²) in [5, 5.41) is 13.3. The lowest BCUT2D eigenvalue weighted by atomic mass is 10.1. The van der Waals surface area contributed by atoms with E-state index < -0.39 is 5.97 Å². The van der Waals surface area contributed by atoms with Gasteiger partial charge in [-0.15, -0.1) is 11.3 Å². The summed E-state index contributed by atoms with van der Waals surface area (Å²) in [6.45, 7) is 0.280. The molecule has 5 heteroatoms. The summed E-state index contributed by atoms with van der Waals surface area (Å²) in [5.74, 6) is -1.54. The Morgan fingerprint density at radius 3 is 2.29 bits per heavy atom. The number of carbonyl (C=O) groups is 2. The zero-order valence-electron chi connectivity index (χ0n) is 12.7. The fourth-order valence-electron chi connectivity index (χ4n) is 2.45. The number of hydrogen-bond donors (Lipinski definition) is 0. The highest BCUT2D eigenvalue weighted by Crippen LogP contribution is 2.25. The van der Waals surface area contributed by atoms with Crippen LogP contribution >= 0.6 is 11.3 Å². The van der Waals surface area contributed by atoms with Crippen LogP contribution in [-0.4, -0.2) is 11.9 Å². The van der Waals surface area contributed by atoms with Gasteiger partial charge >= 0.3 is 0 Å². The molecule has 0 N–H and O–H groups in total. The van der Waals surface area contributed by atoms with Gasteiger partial charge in [-0.1, -0.05) is 54.6 Å². The summed E-state index contributed by atoms with van der Waals surface area (Å²) >= 11 is 1.32. The van der Waals surface area contributed by atoms with Crippen molar-refractivity contribution in [3.8, 4) is 0 Å². The molecule has 0 spiro atoms. The summed E-state index contributed by atoms with van der Waals surface area (Å²) in [4.78, 5) is 26.4. The van der Waals surface area contributed by atoms with Gasteiger partial charge in [0.15, 0.2) is 0 Å². The highest BCUT2D eigenvalue weighted by atomic mass is 32.1. The van der Waals surface area contributed by atoms with E-state index in [9.17, 15) is 14.7 Å². The van der Waals surface area contributed by atoms with E-state index in [0.717, 1.165) is 5.56 Å². The number of carboxylic acids is 1. The van der Waals surface area contributed by atoms with E-state index in [2.05, 4.69) is 0 Å². The topological polar surface area (TPSA) is 60.4 Å². The second-order valence-electron chi connectivity index (χ2n) is 5.16. The van der Waals surface area contributed by atoms with Gasteiger partial charge in [0.1, 0.15) is 0 Å². The molecule has 0 saturated carbocycles. The van der Waals surface area contributed by atoms with E-state index in [4.69, 9.17) is 0 Å². The molecule has 0 aliphatic rings. The Morgan fingerprint density at radius 1 is 0.917 bits per heavy atom. The van der Waals surface area contributed by atoms with Crippen molar-refractivity contribution in [2.24, 2.45) is 0 Å². The van der Waals surface area contributed by atoms with Gasteiger partial charge in [0.2, 0.25) is 0 Å². The van der Waals surface area contributed by atoms with Crippen LogP contribution in [0.3, 0.4) is 0 Å². The van der Waals surface area contributed by atoms with Gasteiger partial charge in [-0.05, 0) is 23.1 Å². The Bertz CT molecular complexity index is 844. The Hall–Kier alpha value is -2.92. The van der Waals surface area contributed by atoms with Crippen molar-refractivity contribution in [3.05, 3.63) is 88.1 Å². The molecule has 0 bridgehead atoms. The number of hydrogen-bond acceptors (Lipinski definition) is 4. The predicted molar refractivity (Wildman–Crippen MR) is 92.0 cm³/mol. The van der Waals surface area contributed by atoms with Gasteiger partial charge in [0.05, 0.1) is 23.1 Å². The van der Waals surface area contributed by atoms with Crippen LogP contribution in [0.25, 0.3) is 0 Å². The molecule has 0 aliphatic heterocycles. The van der Waals surface area contributed by atoms with Crippen LogP contribution in [-0.2, 0) is 6.54 Å². The van der Waals surface area contributed by atoms with Crippen LogP contribution < -0.4 is 10.0 Å². The van der Waals surface area contributed by atoms with Crippen molar-refractivity contribution >= 4 is 28.9 Å². The first-order valence-electron chi connectivity index (χ1n) is 7.36. The van der Waals surface area contributed by atoms with Crippen LogP contribution in [0, 0.1) is 0 Å². The largest absolute Gasteiger partial charge is 0.545 e. The van der Waals surface area contributed by atoms with Crippen LogP contribution in [0.4, 0.5) is 5.69 Å². The molecule has 120 valence electrons. The molecule has 1 aromatic heterocycles. The molecule has 1 heterocycles. The Balaban J connectivity index is 2.05. The number of para-hydroxylation sites is 1. The van der Waals surface area contributed by atoms with Gasteiger partial charge in [-0.2, -0.15) is 0 Å². The summed E-state index contributed by atoms with van der Waals surface area (Å²) in [6, 6.07) is 19.4. The molecule has 0 radical (unpaired) electrons. The summed E-state index contributed by atoms with van der Waals surface area (Å²) in [6.07, 6.45) is 0. The van der Waals surface area contributed by atoms with Crippen molar-refractivity contribution < 1.29 is 14.7 Å². The quantitative estimate of drug-likeness (QED) is 0.720. The monoisotopic (exact) mass is 336 g/mol. The highest BCUT2D eigenvalue weighted by molar-refractivity contribution is 7.12. The van der Waals surface area contributed by atoms with Crippen LogP contribution in [0.15, 0.2) is 72.1 Å². The maximum Gasteiger partial charge on any atom is 0.268 e. The molecule has 0 aliphatic carbocycles. The van der Waals surface area contributed by atoms with Gasteiger partial charge in [-0.25, -0.2) is 0 Å². The average molecular weight is 336 g/mol. The molecule has 0 unspecified atom stereocenters. The fourth-order valence-corrected chi connectivity index (χ4v) is 3.12. The molecule has 3 aromatic rings. The smallest absolute Gasteiger partial charge is 0.268 e. The first-order valence-corrected chi connectivity index (χ1v) is 8.24. The molecular formula is C19H14NO3S-. The second kappa shape index (κ2) is 7.10. The van der Waals surface area contributed by atoms with Gasteiger partial charge in [0, 0.05) is 5.56 Å². The molecule has 0 atom stereocenters. The molecule has 24 heavy (non-hydrogen) atoms. The lowest BCUT2D eigenvalue weighted by molar-refractivity contribution is -0.254. The first kappa shape index (κ1) is 16.0. The number of carboxylic acid groups (broad SMARTS) is 1. The van der Waals surface area contributed by atoms with Gasteiger partial charge < -0.3 is 14.8 Å². The molecular weight excluding hydrogens is 322 g/mol. The molecule has 2 aromatic carbocycles. The Labute approximate surface area is 143 Å². The summed E-state index contributed by atoms with van der Waals surface area (Å²) in [7, 11) is 0. The highest BCUT2D eigenvalue weighted by Gasteiger charge is 2.21. The van der Waals surface area contributed by atoms with Crippen LogP contribution in [0.5, 0.6) is 0 Å². The lowest BCUT2D eigenvalue weighted by Crippen LogP contribution is -2.33. The predicted octanol–water partition coefficient (Wildman–Crippen LogP) is 2.96. The fraction of sp³-hybridized carbons (Fsp3) is 0.0526. The second-order valence-corrected chi connectivity index (χ2v) is 6.11. The van der Waals surface area contributed by atoms with E-state index in [1.807, 2.05) is 35.7 Å². The molecule has 1 amide bonds. The van der Waals surface area contributed by atoms with E-state index in [1.54, 1.807) is 30.3 Å². The number of rotatable bonds is 5. The van der Waals surface area contributed by atoms with E-state index in [1.165, 1.54) is 22.3 Å². The standard InChI is InChI=1S/C19H15NO3S/c21-18(17-11-6-12-24-17)20(13-14-7-2-1-3-8-14)16-10-5-4-9-15(16)19(22)23/h1-12H,13H2,(H,22,23)/p-1. The van der Waals surface area contributed by atoms with Crippen LogP contribution in [0.1, 0.15) is 25.6 Å². The summed E-state index contributed by atoms with van der Waals surface area (Å²) < 4.78 is 0. The van der Waals surface area contributed by atoms with Crippen molar-refractivity contribution in [1.29, 1.82) is 0 Å². The first-order chi connectivity index (χ1) is 11.7. The number of thiophene rings is 1. The number of carbonyl (C=O) groups excluding carboxylic acids is 2. The Morgan fingerprint density at radius 2 is 1.62 bits per heavy atom. The van der Waals surface area contributed by atoms with Gasteiger partial charge in [0.25, 0.3) is 5.91 Å². The minimum absolute atomic E-state index is 0.00154. The van der Waals surface area contributed by atoms with E-state index in [-0.39, 0.29) is 18.0 Å². The minimum Gasteiger partial charge on any atom is -0.545 e. The zero-order valence-corrected chi connectivity index (χ0v) is 13.5. The minimum atomic E-state index is -1.30. The van der Waals surface area contributed by atoms with E-state index in [0.29, 0.717) is 10.6 Å². The number of nitrogens with zero attached hydrogens (tertiary/aromatic N) is 1. The average Bonchev–Trinajstić information content (AvgIpc) is 3.14. The third kappa shape index (κ3) is 3.36. The maximum atomic E-state index is 12.9. The molecule has 0 fully saturated rings.